The Labute approximate surface area is 138 Å². The lowest BCUT2D eigenvalue weighted by Gasteiger charge is -2.06. The van der Waals surface area contributed by atoms with Crippen molar-refractivity contribution in [1.82, 2.24) is 5.48 Å². The minimum absolute atomic E-state index is 0.212. The van der Waals surface area contributed by atoms with E-state index in [0.717, 1.165) is 24.8 Å². The van der Waals surface area contributed by atoms with E-state index in [-0.39, 0.29) is 12.3 Å². The van der Waals surface area contributed by atoms with Gasteiger partial charge < -0.3 is 0 Å². The highest BCUT2D eigenvalue weighted by Gasteiger charge is 2.02. The predicted octanol–water partition coefficient (Wildman–Crippen LogP) is 3.92. The summed E-state index contributed by atoms with van der Waals surface area (Å²) in [5.74, 6) is -0.383. The third-order valence-corrected chi connectivity index (χ3v) is 4.26. The molecular formula is C20H25NO2. The standard InChI is InChI=1S/C20H25NO2/c1-15-7-8-18(13-16(15)2)6-4-3-5-17-9-11-19(12-10-17)14-20(22)21-23/h7-13,23H,3-6,14H2,1-2H3,(H,21,22). The van der Waals surface area contributed by atoms with E-state index in [2.05, 4.69) is 44.2 Å². The van der Waals surface area contributed by atoms with Crippen LogP contribution in [0.1, 0.15) is 40.7 Å². The number of carbonyl (C=O) groups is 1. The molecule has 2 rings (SSSR count). The van der Waals surface area contributed by atoms with Crippen LogP contribution in [0.15, 0.2) is 42.5 Å². The van der Waals surface area contributed by atoms with Crippen molar-refractivity contribution in [2.75, 3.05) is 0 Å². The summed E-state index contributed by atoms with van der Waals surface area (Å²) in [6.07, 6.45) is 4.72. The summed E-state index contributed by atoms with van der Waals surface area (Å²) < 4.78 is 0. The van der Waals surface area contributed by atoms with Gasteiger partial charge in [0.1, 0.15) is 0 Å². The third-order valence-electron chi connectivity index (χ3n) is 4.26. The smallest absolute Gasteiger partial charge is 0.247 e. The highest BCUT2D eigenvalue weighted by atomic mass is 16.5. The Hall–Kier alpha value is -2.13. The van der Waals surface area contributed by atoms with Gasteiger partial charge in [-0.15, -0.1) is 0 Å². The molecule has 0 saturated heterocycles. The molecule has 0 bridgehead atoms. The van der Waals surface area contributed by atoms with Crippen molar-refractivity contribution < 1.29 is 10.0 Å². The first kappa shape index (κ1) is 17.2. The summed E-state index contributed by atoms with van der Waals surface area (Å²) in [6, 6.07) is 14.7. The van der Waals surface area contributed by atoms with Crippen molar-refractivity contribution in [2.24, 2.45) is 0 Å². The lowest BCUT2D eigenvalue weighted by molar-refractivity contribution is -0.128. The predicted molar refractivity (Wildman–Crippen MR) is 92.6 cm³/mol. The van der Waals surface area contributed by atoms with Gasteiger partial charge in [0.25, 0.3) is 0 Å². The minimum atomic E-state index is -0.383. The summed E-state index contributed by atoms with van der Waals surface area (Å²) >= 11 is 0. The van der Waals surface area contributed by atoms with E-state index in [0.29, 0.717) is 0 Å². The van der Waals surface area contributed by atoms with Gasteiger partial charge in [-0.05, 0) is 67.3 Å². The van der Waals surface area contributed by atoms with Crippen molar-refractivity contribution in [2.45, 2.75) is 46.0 Å². The van der Waals surface area contributed by atoms with E-state index in [1.807, 2.05) is 12.1 Å². The number of nitrogens with one attached hydrogen (secondary N) is 1. The second-order valence-electron chi connectivity index (χ2n) is 6.15. The number of unbranched alkanes of at least 4 members (excludes halogenated alkanes) is 1. The lowest BCUT2D eigenvalue weighted by Crippen LogP contribution is -2.20. The average Bonchev–Trinajstić information content (AvgIpc) is 2.56. The van der Waals surface area contributed by atoms with Gasteiger partial charge in [-0.2, -0.15) is 0 Å². The lowest BCUT2D eigenvalue weighted by atomic mass is 10.00. The maximum absolute atomic E-state index is 11.1. The van der Waals surface area contributed by atoms with Gasteiger partial charge in [0.2, 0.25) is 5.91 Å². The quantitative estimate of drug-likeness (QED) is 0.462. The highest BCUT2D eigenvalue weighted by molar-refractivity contribution is 5.77. The van der Waals surface area contributed by atoms with Crippen LogP contribution in [-0.2, 0) is 24.1 Å². The first-order valence-corrected chi connectivity index (χ1v) is 8.15. The fourth-order valence-electron chi connectivity index (χ4n) is 2.67. The zero-order chi connectivity index (χ0) is 16.7. The molecule has 3 nitrogen and oxygen atoms in total. The van der Waals surface area contributed by atoms with E-state index in [4.69, 9.17) is 5.21 Å². The van der Waals surface area contributed by atoms with Crippen LogP contribution >= 0.6 is 0 Å². The fraction of sp³-hybridized carbons (Fsp3) is 0.350. The summed E-state index contributed by atoms with van der Waals surface area (Å²) in [6.45, 7) is 4.31. The Morgan fingerprint density at radius 3 is 2.04 bits per heavy atom. The zero-order valence-electron chi connectivity index (χ0n) is 13.9. The normalized spacial score (nSPS) is 10.6. The fourth-order valence-corrected chi connectivity index (χ4v) is 2.67. The van der Waals surface area contributed by atoms with Crippen LogP contribution in [0.2, 0.25) is 0 Å². The van der Waals surface area contributed by atoms with Gasteiger partial charge in [-0.25, -0.2) is 5.48 Å². The first-order valence-electron chi connectivity index (χ1n) is 8.15. The Kier molecular flexibility index (Phi) is 6.36. The van der Waals surface area contributed by atoms with Crippen molar-refractivity contribution in [1.29, 1.82) is 0 Å². The molecule has 23 heavy (non-hydrogen) atoms. The van der Waals surface area contributed by atoms with Crippen molar-refractivity contribution in [3.8, 4) is 0 Å². The van der Waals surface area contributed by atoms with Gasteiger partial charge in [0.15, 0.2) is 0 Å². The Morgan fingerprint density at radius 1 is 0.870 bits per heavy atom. The molecule has 0 unspecified atom stereocenters. The Bertz CT molecular complexity index is 647. The molecule has 0 saturated carbocycles. The molecule has 2 aromatic carbocycles. The van der Waals surface area contributed by atoms with Crippen molar-refractivity contribution in [3.05, 3.63) is 70.3 Å². The topological polar surface area (TPSA) is 49.3 Å². The number of amides is 1. The van der Waals surface area contributed by atoms with Crippen molar-refractivity contribution >= 4 is 5.91 Å². The van der Waals surface area contributed by atoms with Gasteiger partial charge in [0, 0.05) is 0 Å². The summed E-state index contributed by atoms with van der Waals surface area (Å²) in [5.41, 5.74) is 7.99. The summed E-state index contributed by atoms with van der Waals surface area (Å²) in [7, 11) is 0. The summed E-state index contributed by atoms with van der Waals surface area (Å²) in [5, 5.41) is 8.52. The number of rotatable bonds is 7. The second kappa shape index (κ2) is 8.49. The Balaban J connectivity index is 1.75. The molecule has 122 valence electrons. The van der Waals surface area contributed by atoms with Crippen LogP contribution in [0.25, 0.3) is 0 Å². The largest absolute Gasteiger partial charge is 0.289 e. The number of hydroxylamine groups is 1. The average molecular weight is 311 g/mol. The van der Waals surface area contributed by atoms with Crippen LogP contribution in [0.5, 0.6) is 0 Å². The highest BCUT2D eigenvalue weighted by Crippen LogP contribution is 2.14. The van der Waals surface area contributed by atoms with Gasteiger partial charge in [-0.3, -0.25) is 10.0 Å². The second-order valence-corrected chi connectivity index (χ2v) is 6.15. The zero-order valence-corrected chi connectivity index (χ0v) is 13.9. The molecule has 0 aliphatic heterocycles. The molecule has 3 heteroatoms. The molecule has 0 aromatic heterocycles. The number of carbonyl (C=O) groups excluding carboxylic acids is 1. The number of aryl methyl sites for hydroxylation is 4. The van der Waals surface area contributed by atoms with E-state index in [1.165, 1.54) is 28.7 Å². The van der Waals surface area contributed by atoms with Gasteiger partial charge in [-0.1, -0.05) is 42.5 Å². The molecule has 0 heterocycles. The van der Waals surface area contributed by atoms with Crippen LogP contribution in [-0.4, -0.2) is 11.1 Å². The van der Waals surface area contributed by atoms with E-state index < -0.39 is 0 Å². The van der Waals surface area contributed by atoms with Crippen LogP contribution in [0.4, 0.5) is 0 Å². The monoisotopic (exact) mass is 311 g/mol. The van der Waals surface area contributed by atoms with Crippen LogP contribution in [0, 0.1) is 13.8 Å². The molecule has 0 aliphatic rings. The number of benzene rings is 2. The maximum Gasteiger partial charge on any atom is 0.247 e. The molecule has 0 atom stereocenters. The minimum Gasteiger partial charge on any atom is -0.289 e. The molecule has 0 aliphatic carbocycles. The third kappa shape index (κ3) is 5.53. The van der Waals surface area contributed by atoms with E-state index >= 15 is 0 Å². The summed E-state index contributed by atoms with van der Waals surface area (Å²) in [4.78, 5) is 11.1. The van der Waals surface area contributed by atoms with E-state index in [9.17, 15) is 4.79 Å². The Morgan fingerprint density at radius 2 is 1.43 bits per heavy atom. The molecule has 1 amide bonds. The van der Waals surface area contributed by atoms with Crippen LogP contribution < -0.4 is 5.48 Å². The van der Waals surface area contributed by atoms with Gasteiger partial charge >= 0.3 is 0 Å². The molecule has 2 aromatic rings. The van der Waals surface area contributed by atoms with Crippen molar-refractivity contribution in [3.63, 3.8) is 0 Å². The maximum atomic E-state index is 11.1. The number of hydrogen-bond acceptors (Lipinski definition) is 2. The SMILES string of the molecule is Cc1ccc(CCCCc2ccc(CC(=O)NO)cc2)cc1C. The first-order chi connectivity index (χ1) is 11.1. The molecule has 0 radical (unpaired) electrons. The van der Waals surface area contributed by atoms with Gasteiger partial charge in [0.05, 0.1) is 6.42 Å². The number of hydrogen-bond donors (Lipinski definition) is 2. The molecule has 0 fully saturated rings. The molecule has 2 N–H and O–H groups in total. The van der Waals surface area contributed by atoms with Crippen LogP contribution in [0.3, 0.4) is 0 Å². The molecular weight excluding hydrogens is 286 g/mol. The van der Waals surface area contributed by atoms with E-state index in [1.54, 1.807) is 5.48 Å². The molecule has 0 spiro atoms.